The summed E-state index contributed by atoms with van der Waals surface area (Å²) in [7, 11) is 0. The molecule has 1 aromatic rings. The summed E-state index contributed by atoms with van der Waals surface area (Å²) < 4.78 is 5.55. The second kappa shape index (κ2) is 6.57. The van der Waals surface area contributed by atoms with Crippen molar-refractivity contribution in [3.05, 3.63) is 24.3 Å². The molecule has 0 aliphatic carbocycles. The maximum atomic E-state index is 5.59. The van der Waals surface area contributed by atoms with Crippen LogP contribution in [0.5, 0.6) is 5.75 Å². The first kappa shape index (κ1) is 12.2. The van der Waals surface area contributed by atoms with Crippen LogP contribution in [0.15, 0.2) is 24.3 Å². The van der Waals surface area contributed by atoms with Crippen molar-refractivity contribution in [2.24, 2.45) is 0 Å². The number of hydrogen-bond donors (Lipinski definition) is 1. The van der Waals surface area contributed by atoms with E-state index in [9.17, 15) is 0 Å². The number of benzene rings is 1. The van der Waals surface area contributed by atoms with E-state index in [0.29, 0.717) is 5.88 Å². The van der Waals surface area contributed by atoms with E-state index in [0.717, 1.165) is 24.4 Å². The van der Waals surface area contributed by atoms with Crippen LogP contribution in [0.2, 0.25) is 0 Å². The van der Waals surface area contributed by atoms with E-state index in [1.54, 1.807) is 0 Å². The molecule has 0 heterocycles. The average molecular weight is 228 g/mol. The van der Waals surface area contributed by atoms with Crippen molar-refractivity contribution in [1.29, 1.82) is 0 Å². The molecule has 0 aliphatic rings. The molecule has 1 rings (SSSR count). The van der Waals surface area contributed by atoms with Gasteiger partial charge in [-0.15, -0.1) is 11.6 Å². The lowest BCUT2D eigenvalue weighted by Crippen LogP contribution is -2.06. The van der Waals surface area contributed by atoms with Gasteiger partial charge in [0.15, 0.2) is 0 Å². The van der Waals surface area contributed by atoms with Crippen LogP contribution in [-0.2, 0) is 0 Å². The molecule has 0 unspecified atom stereocenters. The van der Waals surface area contributed by atoms with Crippen LogP contribution in [0.1, 0.15) is 20.3 Å². The van der Waals surface area contributed by atoms with Crippen molar-refractivity contribution in [3.8, 4) is 5.75 Å². The molecule has 0 bridgehead atoms. The zero-order valence-corrected chi connectivity index (χ0v) is 10.1. The molecule has 0 atom stereocenters. The second-order valence-electron chi connectivity index (χ2n) is 3.66. The van der Waals surface area contributed by atoms with E-state index >= 15 is 0 Å². The smallest absolute Gasteiger partial charge is 0.119 e. The first-order valence-corrected chi connectivity index (χ1v) is 5.82. The Morgan fingerprint density at radius 2 is 1.93 bits per heavy atom. The normalized spacial score (nSPS) is 10.4. The minimum absolute atomic E-state index is 0.222. The van der Waals surface area contributed by atoms with Crippen molar-refractivity contribution in [2.75, 3.05) is 17.7 Å². The number of rotatable bonds is 6. The van der Waals surface area contributed by atoms with Crippen LogP contribution >= 0.6 is 11.6 Å². The molecule has 0 aromatic heterocycles. The molecule has 0 radical (unpaired) electrons. The number of ether oxygens (including phenoxy) is 1. The average Bonchev–Trinajstić information content (AvgIpc) is 2.20. The zero-order chi connectivity index (χ0) is 11.1. The molecular weight excluding hydrogens is 210 g/mol. The standard InChI is InChI=1S/C12H18ClNO/c1-10(2)15-12-6-4-11(5-7-12)14-9-3-8-13/h4-7,10,14H,3,8-9H2,1-2H3. The minimum Gasteiger partial charge on any atom is -0.491 e. The van der Waals surface area contributed by atoms with Gasteiger partial charge in [-0.3, -0.25) is 0 Å². The summed E-state index contributed by atoms with van der Waals surface area (Å²) in [6.07, 6.45) is 1.20. The molecule has 84 valence electrons. The summed E-state index contributed by atoms with van der Waals surface area (Å²) in [5, 5.41) is 3.29. The van der Waals surface area contributed by atoms with Crippen molar-refractivity contribution in [2.45, 2.75) is 26.4 Å². The quantitative estimate of drug-likeness (QED) is 0.593. The number of hydrogen-bond acceptors (Lipinski definition) is 2. The van der Waals surface area contributed by atoms with Crippen LogP contribution in [0, 0.1) is 0 Å². The van der Waals surface area contributed by atoms with Crippen molar-refractivity contribution in [3.63, 3.8) is 0 Å². The number of halogens is 1. The Hall–Kier alpha value is -0.890. The van der Waals surface area contributed by atoms with Gasteiger partial charge in [0.1, 0.15) is 5.75 Å². The van der Waals surface area contributed by atoms with E-state index < -0.39 is 0 Å². The molecule has 1 N–H and O–H groups in total. The van der Waals surface area contributed by atoms with E-state index in [2.05, 4.69) is 5.32 Å². The van der Waals surface area contributed by atoms with Crippen molar-refractivity contribution < 1.29 is 4.74 Å². The molecule has 3 heteroatoms. The van der Waals surface area contributed by atoms with Gasteiger partial charge in [-0.25, -0.2) is 0 Å². The maximum absolute atomic E-state index is 5.59. The lowest BCUT2D eigenvalue weighted by molar-refractivity contribution is 0.242. The molecular formula is C12H18ClNO. The van der Waals surface area contributed by atoms with Crippen molar-refractivity contribution in [1.82, 2.24) is 0 Å². The summed E-state index contributed by atoms with van der Waals surface area (Å²) in [6, 6.07) is 7.99. The van der Waals surface area contributed by atoms with Crippen LogP contribution in [0.4, 0.5) is 5.69 Å². The van der Waals surface area contributed by atoms with E-state index in [1.165, 1.54) is 0 Å². The molecule has 0 aliphatic heterocycles. The predicted octanol–water partition coefficient (Wildman–Crippen LogP) is 3.51. The number of alkyl halides is 1. The van der Waals surface area contributed by atoms with Gasteiger partial charge >= 0.3 is 0 Å². The molecule has 0 amide bonds. The summed E-state index contributed by atoms with van der Waals surface area (Å²) in [5.41, 5.74) is 1.11. The summed E-state index contributed by atoms with van der Waals surface area (Å²) in [4.78, 5) is 0. The minimum atomic E-state index is 0.222. The second-order valence-corrected chi connectivity index (χ2v) is 4.04. The lowest BCUT2D eigenvalue weighted by atomic mass is 10.3. The van der Waals surface area contributed by atoms with Gasteiger partial charge in [-0.1, -0.05) is 0 Å². The highest BCUT2D eigenvalue weighted by Gasteiger charge is 1.97. The summed E-state index contributed by atoms with van der Waals surface area (Å²) >= 11 is 5.59. The Kier molecular flexibility index (Phi) is 5.33. The third kappa shape index (κ3) is 4.93. The van der Waals surface area contributed by atoms with Crippen molar-refractivity contribution >= 4 is 17.3 Å². The predicted molar refractivity (Wildman–Crippen MR) is 66.0 cm³/mol. The number of nitrogens with one attached hydrogen (secondary N) is 1. The van der Waals surface area contributed by atoms with E-state index in [4.69, 9.17) is 16.3 Å². The highest BCUT2D eigenvalue weighted by Crippen LogP contribution is 2.16. The maximum Gasteiger partial charge on any atom is 0.119 e. The fourth-order valence-electron chi connectivity index (χ4n) is 1.22. The summed E-state index contributed by atoms with van der Waals surface area (Å²) in [5.74, 6) is 1.61. The van der Waals surface area contributed by atoms with Crippen LogP contribution < -0.4 is 10.1 Å². The van der Waals surface area contributed by atoms with Gasteiger partial charge in [0.2, 0.25) is 0 Å². The summed E-state index contributed by atoms with van der Waals surface area (Å²) in [6.45, 7) is 4.95. The Labute approximate surface area is 96.6 Å². The topological polar surface area (TPSA) is 21.3 Å². The van der Waals surface area contributed by atoms with Gasteiger partial charge in [0.25, 0.3) is 0 Å². The first-order chi connectivity index (χ1) is 7.22. The monoisotopic (exact) mass is 227 g/mol. The third-order valence-corrected chi connectivity index (χ3v) is 2.13. The first-order valence-electron chi connectivity index (χ1n) is 5.29. The fourth-order valence-corrected chi connectivity index (χ4v) is 1.36. The number of anilines is 1. The molecule has 15 heavy (non-hydrogen) atoms. The van der Waals surface area contributed by atoms with E-state index in [-0.39, 0.29) is 6.10 Å². The van der Waals surface area contributed by atoms with Gasteiger partial charge in [0.05, 0.1) is 6.10 Å². The highest BCUT2D eigenvalue weighted by atomic mass is 35.5. The zero-order valence-electron chi connectivity index (χ0n) is 9.29. The Morgan fingerprint density at radius 3 is 2.47 bits per heavy atom. The van der Waals surface area contributed by atoms with Gasteiger partial charge < -0.3 is 10.1 Å². The van der Waals surface area contributed by atoms with Gasteiger partial charge in [0, 0.05) is 18.1 Å². The lowest BCUT2D eigenvalue weighted by Gasteiger charge is -2.10. The Balaban J connectivity index is 2.42. The fraction of sp³-hybridized carbons (Fsp3) is 0.500. The highest BCUT2D eigenvalue weighted by molar-refractivity contribution is 6.17. The molecule has 1 aromatic carbocycles. The molecule has 0 spiro atoms. The van der Waals surface area contributed by atoms with Crippen LogP contribution in [0.3, 0.4) is 0 Å². The van der Waals surface area contributed by atoms with Crippen LogP contribution in [0.25, 0.3) is 0 Å². The third-order valence-electron chi connectivity index (χ3n) is 1.87. The van der Waals surface area contributed by atoms with Gasteiger partial charge in [-0.05, 0) is 44.5 Å². The molecule has 2 nitrogen and oxygen atoms in total. The Bertz CT molecular complexity index is 271. The molecule has 0 saturated heterocycles. The molecule has 0 saturated carbocycles. The van der Waals surface area contributed by atoms with Crippen LogP contribution in [-0.4, -0.2) is 18.5 Å². The molecule has 0 fully saturated rings. The van der Waals surface area contributed by atoms with Gasteiger partial charge in [-0.2, -0.15) is 0 Å². The Morgan fingerprint density at radius 1 is 1.27 bits per heavy atom. The SMILES string of the molecule is CC(C)Oc1ccc(NCCCCl)cc1. The van der Waals surface area contributed by atoms with E-state index in [1.807, 2.05) is 38.1 Å². The largest absolute Gasteiger partial charge is 0.491 e.